The van der Waals surface area contributed by atoms with Crippen molar-refractivity contribution in [3.8, 4) is 11.6 Å². The number of fused-ring (bicyclic) bond motifs is 1. The Kier molecular flexibility index (Phi) is 3.22. The van der Waals surface area contributed by atoms with Gasteiger partial charge in [-0.1, -0.05) is 6.07 Å². The molecule has 1 aromatic carbocycles. The van der Waals surface area contributed by atoms with Gasteiger partial charge in [0.1, 0.15) is 19.0 Å². The van der Waals surface area contributed by atoms with Crippen molar-refractivity contribution in [2.24, 2.45) is 0 Å². The van der Waals surface area contributed by atoms with Crippen molar-refractivity contribution in [1.29, 1.82) is 0 Å². The van der Waals surface area contributed by atoms with E-state index in [1.165, 1.54) is 16.7 Å². The molecule has 0 radical (unpaired) electrons. The van der Waals surface area contributed by atoms with Crippen LogP contribution >= 0.6 is 0 Å². The van der Waals surface area contributed by atoms with Gasteiger partial charge in [0.2, 0.25) is 0 Å². The largest absolute Gasteiger partial charge is 0.484 e. The molecule has 0 fully saturated rings. The first-order valence-corrected chi connectivity index (χ1v) is 6.75. The third-order valence-corrected chi connectivity index (χ3v) is 3.51. The number of ether oxygens (including phenoxy) is 2. The SMILES string of the molecule is Cc1cc(C)c(Nc2ccc3c(n2)OCCO3)cc1C. The van der Waals surface area contributed by atoms with Crippen molar-refractivity contribution in [1.82, 2.24) is 4.98 Å². The molecule has 0 atom stereocenters. The fraction of sp³-hybridized carbons (Fsp3) is 0.312. The molecular formula is C16H18N2O2. The monoisotopic (exact) mass is 270 g/mol. The van der Waals surface area contributed by atoms with E-state index >= 15 is 0 Å². The molecule has 0 spiro atoms. The minimum atomic E-state index is 0.548. The molecule has 104 valence electrons. The van der Waals surface area contributed by atoms with Crippen LogP contribution in [0.1, 0.15) is 16.7 Å². The van der Waals surface area contributed by atoms with E-state index in [4.69, 9.17) is 9.47 Å². The van der Waals surface area contributed by atoms with Crippen LogP contribution in [0.5, 0.6) is 11.6 Å². The van der Waals surface area contributed by atoms with Crippen molar-refractivity contribution in [2.45, 2.75) is 20.8 Å². The Bertz CT molecular complexity index is 653. The van der Waals surface area contributed by atoms with Gasteiger partial charge in [0, 0.05) is 5.69 Å². The van der Waals surface area contributed by atoms with Crippen LogP contribution in [0.25, 0.3) is 0 Å². The van der Waals surface area contributed by atoms with E-state index in [0.717, 1.165) is 11.5 Å². The number of rotatable bonds is 2. The molecule has 20 heavy (non-hydrogen) atoms. The van der Waals surface area contributed by atoms with E-state index in [9.17, 15) is 0 Å². The van der Waals surface area contributed by atoms with Gasteiger partial charge < -0.3 is 14.8 Å². The number of benzene rings is 1. The Hall–Kier alpha value is -2.23. The van der Waals surface area contributed by atoms with E-state index < -0.39 is 0 Å². The number of anilines is 2. The molecule has 1 aromatic heterocycles. The maximum absolute atomic E-state index is 5.50. The Morgan fingerprint density at radius 3 is 2.55 bits per heavy atom. The molecule has 0 saturated carbocycles. The first-order chi connectivity index (χ1) is 9.63. The van der Waals surface area contributed by atoms with Gasteiger partial charge in [-0.05, 0) is 55.7 Å². The molecule has 1 aliphatic rings. The molecule has 4 nitrogen and oxygen atoms in total. The second-order valence-corrected chi connectivity index (χ2v) is 5.07. The van der Waals surface area contributed by atoms with Crippen LogP contribution in [-0.2, 0) is 0 Å². The summed E-state index contributed by atoms with van der Waals surface area (Å²) in [6.07, 6.45) is 0. The maximum Gasteiger partial charge on any atom is 0.259 e. The van der Waals surface area contributed by atoms with Gasteiger partial charge in [-0.15, -0.1) is 0 Å². The molecule has 3 rings (SSSR count). The average molecular weight is 270 g/mol. The van der Waals surface area contributed by atoms with E-state index in [0.29, 0.717) is 24.8 Å². The number of hydrogen-bond acceptors (Lipinski definition) is 4. The van der Waals surface area contributed by atoms with Gasteiger partial charge in [0.15, 0.2) is 5.75 Å². The molecule has 0 amide bonds. The van der Waals surface area contributed by atoms with Crippen molar-refractivity contribution in [3.05, 3.63) is 41.0 Å². The van der Waals surface area contributed by atoms with E-state index in [1.54, 1.807) is 0 Å². The lowest BCUT2D eigenvalue weighted by molar-refractivity contribution is 0.164. The lowest BCUT2D eigenvalue weighted by Crippen LogP contribution is -2.16. The number of nitrogens with zero attached hydrogens (tertiary/aromatic N) is 1. The summed E-state index contributed by atoms with van der Waals surface area (Å²) in [6.45, 7) is 7.45. The highest BCUT2D eigenvalue weighted by molar-refractivity contribution is 5.63. The van der Waals surface area contributed by atoms with Gasteiger partial charge in [-0.25, -0.2) is 0 Å². The molecular weight excluding hydrogens is 252 g/mol. The lowest BCUT2D eigenvalue weighted by atomic mass is 10.1. The summed E-state index contributed by atoms with van der Waals surface area (Å²) < 4.78 is 11.0. The van der Waals surface area contributed by atoms with E-state index in [-0.39, 0.29) is 0 Å². The van der Waals surface area contributed by atoms with Crippen molar-refractivity contribution >= 4 is 11.5 Å². The second-order valence-electron chi connectivity index (χ2n) is 5.07. The summed E-state index contributed by atoms with van der Waals surface area (Å²) in [5.41, 5.74) is 4.82. The summed E-state index contributed by atoms with van der Waals surface area (Å²) in [5, 5.41) is 3.34. The van der Waals surface area contributed by atoms with E-state index in [2.05, 4.69) is 43.2 Å². The third-order valence-electron chi connectivity index (χ3n) is 3.51. The molecule has 4 heteroatoms. The summed E-state index contributed by atoms with van der Waals surface area (Å²) in [6, 6.07) is 8.11. The topological polar surface area (TPSA) is 43.4 Å². The van der Waals surface area contributed by atoms with Crippen LogP contribution < -0.4 is 14.8 Å². The van der Waals surface area contributed by atoms with Crippen molar-refractivity contribution in [3.63, 3.8) is 0 Å². The molecule has 0 unspecified atom stereocenters. The highest BCUT2D eigenvalue weighted by atomic mass is 16.6. The molecule has 2 heterocycles. The molecule has 1 aliphatic heterocycles. The first-order valence-electron chi connectivity index (χ1n) is 6.75. The third kappa shape index (κ3) is 2.41. The maximum atomic E-state index is 5.50. The fourth-order valence-corrected chi connectivity index (χ4v) is 2.23. The molecule has 1 N–H and O–H groups in total. The van der Waals surface area contributed by atoms with Crippen LogP contribution in [0.3, 0.4) is 0 Å². The zero-order valence-corrected chi connectivity index (χ0v) is 12.0. The molecule has 0 aliphatic carbocycles. The molecule has 2 aromatic rings. The summed E-state index contributed by atoms with van der Waals surface area (Å²) in [4.78, 5) is 4.44. The van der Waals surface area contributed by atoms with Crippen LogP contribution in [0.4, 0.5) is 11.5 Å². The number of hydrogen-bond donors (Lipinski definition) is 1. The normalized spacial score (nSPS) is 13.2. The fourth-order valence-electron chi connectivity index (χ4n) is 2.23. The van der Waals surface area contributed by atoms with E-state index in [1.807, 2.05) is 12.1 Å². The van der Waals surface area contributed by atoms with Crippen molar-refractivity contribution < 1.29 is 9.47 Å². The average Bonchev–Trinajstić information content (AvgIpc) is 2.44. The lowest BCUT2D eigenvalue weighted by Gasteiger charge is -2.18. The second kappa shape index (κ2) is 5.04. The predicted molar refractivity (Wildman–Crippen MR) is 79.2 cm³/mol. The van der Waals surface area contributed by atoms with Gasteiger partial charge in [-0.3, -0.25) is 0 Å². The zero-order valence-electron chi connectivity index (χ0n) is 12.0. The highest BCUT2D eigenvalue weighted by Crippen LogP contribution is 2.31. The minimum Gasteiger partial charge on any atom is -0.484 e. The summed E-state index contributed by atoms with van der Waals surface area (Å²) in [5.74, 6) is 2.03. The molecule has 0 saturated heterocycles. The van der Waals surface area contributed by atoms with Crippen LogP contribution in [0.15, 0.2) is 24.3 Å². The Balaban J connectivity index is 1.89. The van der Waals surface area contributed by atoms with Gasteiger partial charge in [-0.2, -0.15) is 4.98 Å². The predicted octanol–water partition coefficient (Wildman–Crippen LogP) is 3.52. The Morgan fingerprint density at radius 2 is 1.70 bits per heavy atom. The minimum absolute atomic E-state index is 0.548. The number of aryl methyl sites for hydroxylation is 3. The smallest absolute Gasteiger partial charge is 0.259 e. The summed E-state index contributed by atoms with van der Waals surface area (Å²) >= 11 is 0. The van der Waals surface area contributed by atoms with Crippen LogP contribution in [0, 0.1) is 20.8 Å². The highest BCUT2D eigenvalue weighted by Gasteiger charge is 2.13. The molecule has 0 bridgehead atoms. The first kappa shape index (κ1) is 12.8. The number of pyridine rings is 1. The van der Waals surface area contributed by atoms with Gasteiger partial charge >= 0.3 is 0 Å². The number of nitrogens with one attached hydrogen (secondary N) is 1. The quantitative estimate of drug-likeness (QED) is 0.906. The Morgan fingerprint density at radius 1 is 0.950 bits per heavy atom. The standard InChI is InChI=1S/C16H18N2O2/c1-10-8-12(3)13(9-11(10)2)17-15-5-4-14-16(18-15)20-7-6-19-14/h4-5,8-9H,6-7H2,1-3H3,(H,17,18). The number of aromatic nitrogens is 1. The summed E-state index contributed by atoms with van der Waals surface area (Å²) in [7, 11) is 0. The van der Waals surface area contributed by atoms with Gasteiger partial charge in [0.05, 0.1) is 0 Å². The zero-order chi connectivity index (χ0) is 14.1. The Labute approximate surface area is 118 Å². The van der Waals surface area contributed by atoms with Gasteiger partial charge in [0.25, 0.3) is 5.88 Å². The van der Waals surface area contributed by atoms with Crippen LogP contribution in [-0.4, -0.2) is 18.2 Å². The van der Waals surface area contributed by atoms with Crippen LogP contribution in [0.2, 0.25) is 0 Å². The van der Waals surface area contributed by atoms with Crippen molar-refractivity contribution in [2.75, 3.05) is 18.5 Å².